The molecule has 140 valence electrons. The zero-order chi connectivity index (χ0) is 20.1. The van der Waals surface area contributed by atoms with Gasteiger partial charge in [0.1, 0.15) is 17.4 Å². The predicted molar refractivity (Wildman–Crippen MR) is 122 cm³/mol. The van der Waals surface area contributed by atoms with Crippen LogP contribution in [0.4, 0.5) is 5.69 Å². The first-order valence-corrected chi connectivity index (χ1v) is 10.9. The second-order valence-electron chi connectivity index (χ2n) is 5.47. The van der Waals surface area contributed by atoms with Crippen molar-refractivity contribution >= 4 is 81.4 Å². The van der Waals surface area contributed by atoms with Crippen LogP contribution in [0.1, 0.15) is 18.1 Å². The largest absolute Gasteiger partial charge is 0.492 e. The molecule has 0 aliphatic heterocycles. The molecule has 2 aromatic carbocycles. The van der Waals surface area contributed by atoms with Crippen LogP contribution in [-0.2, 0) is 4.79 Å². The van der Waals surface area contributed by atoms with Gasteiger partial charge in [-0.15, -0.1) is 0 Å². The number of amides is 1. The van der Waals surface area contributed by atoms with Gasteiger partial charge in [0, 0.05) is 19.0 Å². The number of aryl methyl sites for hydroxylation is 1. The maximum atomic E-state index is 12.7. The molecule has 0 aliphatic rings. The third-order valence-corrected chi connectivity index (χ3v) is 5.71. The first kappa shape index (κ1) is 22.2. The number of hydrogen-bond acceptors (Lipinski definition) is 3. The number of benzene rings is 2. The number of hydrogen-bond donors (Lipinski definition) is 1. The highest BCUT2D eigenvalue weighted by atomic mass is 79.9. The van der Waals surface area contributed by atoms with Gasteiger partial charge in [-0.1, -0.05) is 15.9 Å². The van der Waals surface area contributed by atoms with Gasteiger partial charge in [-0.3, -0.25) is 4.79 Å². The Morgan fingerprint density at radius 1 is 1.15 bits per heavy atom. The quantitative estimate of drug-likeness (QED) is 0.289. The van der Waals surface area contributed by atoms with Gasteiger partial charge in [0.15, 0.2) is 0 Å². The highest BCUT2D eigenvalue weighted by Crippen LogP contribution is 2.35. The lowest BCUT2D eigenvalue weighted by molar-refractivity contribution is -0.112. The Morgan fingerprint density at radius 2 is 1.78 bits per heavy atom. The minimum Gasteiger partial charge on any atom is -0.492 e. The Labute approximate surface area is 191 Å². The molecule has 0 spiro atoms. The maximum Gasteiger partial charge on any atom is 0.266 e. The number of carbonyl (C=O) groups excluding carboxylic acids is 1. The number of nitriles is 1. The summed E-state index contributed by atoms with van der Waals surface area (Å²) >= 11 is 13.7. The fourth-order valence-corrected chi connectivity index (χ4v) is 5.27. The maximum absolute atomic E-state index is 12.7. The van der Waals surface area contributed by atoms with Crippen LogP contribution in [0.25, 0.3) is 6.08 Å². The fraction of sp³-hybridized carbons (Fsp3) is 0.158. The smallest absolute Gasteiger partial charge is 0.266 e. The van der Waals surface area contributed by atoms with E-state index >= 15 is 0 Å². The Bertz CT molecular complexity index is 942. The van der Waals surface area contributed by atoms with E-state index in [1.165, 1.54) is 6.08 Å². The molecular weight excluding hydrogens is 608 g/mol. The number of anilines is 1. The predicted octanol–water partition coefficient (Wildman–Crippen LogP) is 6.99. The van der Waals surface area contributed by atoms with Crippen LogP contribution < -0.4 is 10.1 Å². The first-order chi connectivity index (χ1) is 12.8. The Balaban J connectivity index is 2.43. The molecule has 0 aliphatic carbocycles. The van der Waals surface area contributed by atoms with E-state index in [1.807, 2.05) is 38.1 Å². The van der Waals surface area contributed by atoms with E-state index in [0.29, 0.717) is 23.6 Å². The summed E-state index contributed by atoms with van der Waals surface area (Å²) in [7, 11) is 0. The lowest BCUT2D eigenvalue weighted by Crippen LogP contribution is -2.14. The average molecular weight is 622 g/mol. The van der Waals surface area contributed by atoms with Gasteiger partial charge >= 0.3 is 0 Å². The summed E-state index contributed by atoms with van der Waals surface area (Å²) in [6, 6.07) is 9.36. The molecule has 0 radical (unpaired) electrons. The molecule has 1 N–H and O–H groups in total. The molecule has 2 aromatic rings. The van der Waals surface area contributed by atoms with Crippen molar-refractivity contribution in [3.63, 3.8) is 0 Å². The Morgan fingerprint density at radius 3 is 2.33 bits per heavy atom. The second-order valence-corrected chi connectivity index (χ2v) is 8.95. The minimum atomic E-state index is -0.513. The number of nitrogens with zero attached hydrogens (tertiary/aromatic N) is 1. The second kappa shape index (κ2) is 9.87. The zero-order valence-corrected chi connectivity index (χ0v) is 20.7. The van der Waals surface area contributed by atoms with E-state index < -0.39 is 5.91 Å². The Kier molecular flexibility index (Phi) is 8.10. The van der Waals surface area contributed by atoms with Crippen LogP contribution in [-0.4, -0.2) is 12.5 Å². The monoisotopic (exact) mass is 618 g/mol. The number of ether oxygens (including phenoxy) is 1. The van der Waals surface area contributed by atoms with Crippen LogP contribution in [0.5, 0.6) is 5.75 Å². The number of halogens is 4. The van der Waals surface area contributed by atoms with Crippen molar-refractivity contribution in [3.8, 4) is 11.8 Å². The molecule has 0 unspecified atom stereocenters. The van der Waals surface area contributed by atoms with E-state index in [-0.39, 0.29) is 5.57 Å². The molecular formula is C19H14Br4N2O2. The molecule has 0 saturated carbocycles. The SMILES string of the molecule is CCOc1c(Br)cc(Br)cc1/C=C(\C#N)C(=O)Nc1c(Br)cc(C)cc1Br. The molecule has 0 saturated heterocycles. The number of rotatable bonds is 5. The lowest BCUT2D eigenvalue weighted by Gasteiger charge is -2.12. The molecule has 0 atom stereocenters. The summed E-state index contributed by atoms with van der Waals surface area (Å²) < 4.78 is 8.62. The van der Waals surface area contributed by atoms with E-state index in [9.17, 15) is 10.1 Å². The van der Waals surface area contributed by atoms with Crippen molar-refractivity contribution in [2.24, 2.45) is 0 Å². The van der Waals surface area contributed by atoms with E-state index in [0.717, 1.165) is 23.5 Å². The summed E-state index contributed by atoms with van der Waals surface area (Å²) in [6.45, 7) is 4.27. The van der Waals surface area contributed by atoms with Gasteiger partial charge in [0.2, 0.25) is 0 Å². The molecule has 8 heteroatoms. The van der Waals surface area contributed by atoms with Crippen molar-refractivity contribution in [3.05, 3.63) is 58.9 Å². The van der Waals surface area contributed by atoms with E-state index in [4.69, 9.17) is 4.74 Å². The number of carbonyl (C=O) groups is 1. The van der Waals surface area contributed by atoms with Crippen LogP contribution >= 0.6 is 63.7 Å². The minimum absolute atomic E-state index is 0.0414. The zero-order valence-electron chi connectivity index (χ0n) is 14.4. The fourth-order valence-electron chi connectivity index (χ4n) is 2.29. The molecule has 27 heavy (non-hydrogen) atoms. The molecule has 0 bridgehead atoms. The van der Waals surface area contributed by atoms with Crippen molar-refractivity contribution < 1.29 is 9.53 Å². The third kappa shape index (κ3) is 5.67. The molecule has 0 aromatic heterocycles. The van der Waals surface area contributed by atoms with Crippen LogP contribution in [0, 0.1) is 18.3 Å². The summed E-state index contributed by atoms with van der Waals surface area (Å²) in [6.07, 6.45) is 1.51. The number of nitrogens with one attached hydrogen (secondary N) is 1. The highest BCUT2D eigenvalue weighted by molar-refractivity contribution is 9.11. The summed E-state index contributed by atoms with van der Waals surface area (Å²) in [4.78, 5) is 12.7. The molecule has 1 amide bonds. The van der Waals surface area contributed by atoms with Gasteiger partial charge in [-0.05, 0) is 97.5 Å². The third-order valence-electron chi connectivity index (χ3n) is 3.42. The normalized spacial score (nSPS) is 11.1. The van der Waals surface area contributed by atoms with Crippen LogP contribution in [0.3, 0.4) is 0 Å². The first-order valence-electron chi connectivity index (χ1n) is 7.77. The van der Waals surface area contributed by atoms with E-state index in [1.54, 1.807) is 6.07 Å². The summed E-state index contributed by atoms with van der Waals surface area (Å²) in [5.41, 5.74) is 2.17. The topological polar surface area (TPSA) is 62.1 Å². The molecule has 2 rings (SSSR count). The van der Waals surface area contributed by atoms with Crippen molar-refractivity contribution in [1.82, 2.24) is 0 Å². The van der Waals surface area contributed by atoms with Gasteiger partial charge < -0.3 is 10.1 Å². The molecule has 0 fully saturated rings. The van der Waals surface area contributed by atoms with Crippen LogP contribution in [0.2, 0.25) is 0 Å². The summed E-state index contributed by atoms with van der Waals surface area (Å²) in [5, 5.41) is 12.3. The standard InChI is InChI=1S/C19H14Br4N2O2/c1-3-27-18-11(7-13(20)8-16(18)23)6-12(9-24)19(26)25-17-14(21)4-10(2)5-15(17)22/h4-8H,3H2,1-2H3,(H,25,26)/b12-6+. The Hall–Kier alpha value is -1.14. The van der Waals surface area contributed by atoms with Crippen molar-refractivity contribution in [2.45, 2.75) is 13.8 Å². The van der Waals surface area contributed by atoms with Gasteiger partial charge in [0.25, 0.3) is 5.91 Å². The van der Waals surface area contributed by atoms with Gasteiger partial charge in [-0.2, -0.15) is 5.26 Å². The lowest BCUT2D eigenvalue weighted by atomic mass is 10.1. The van der Waals surface area contributed by atoms with Gasteiger partial charge in [0.05, 0.1) is 16.8 Å². The van der Waals surface area contributed by atoms with Crippen molar-refractivity contribution in [2.75, 3.05) is 11.9 Å². The van der Waals surface area contributed by atoms with Crippen LogP contribution in [0.15, 0.2) is 47.7 Å². The molecule has 4 nitrogen and oxygen atoms in total. The average Bonchev–Trinajstić information content (AvgIpc) is 2.58. The molecule has 0 heterocycles. The highest BCUT2D eigenvalue weighted by Gasteiger charge is 2.16. The van der Waals surface area contributed by atoms with Crippen molar-refractivity contribution in [1.29, 1.82) is 5.26 Å². The van der Waals surface area contributed by atoms with Gasteiger partial charge in [-0.25, -0.2) is 0 Å². The summed E-state index contributed by atoms with van der Waals surface area (Å²) in [5.74, 6) is 0.0558. The van der Waals surface area contributed by atoms with E-state index in [2.05, 4.69) is 69.0 Å².